The summed E-state index contributed by atoms with van der Waals surface area (Å²) < 4.78 is 11.1. The van der Waals surface area contributed by atoms with Crippen LogP contribution in [-0.4, -0.2) is 54.7 Å². The van der Waals surface area contributed by atoms with E-state index in [2.05, 4.69) is 21.7 Å². The Hall–Kier alpha value is -4.58. The number of aliphatic hydroxyl groups excluding tert-OH is 1. The molecule has 5 N–H and O–H groups in total. The number of aliphatic hydroxyl groups is 1. The van der Waals surface area contributed by atoms with Gasteiger partial charge in [-0.25, -0.2) is 9.78 Å². The van der Waals surface area contributed by atoms with Crippen LogP contribution in [0.2, 0.25) is 0 Å². The fraction of sp³-hybridized carbons (Fsp3) is 0.226. The molecule has 0 saturated carbocycles. The van der Waals surface area contributed by atoms with Gasteiger partial charge in [0.05, 0.1) is 13.7 Å². The fourth-order valence-electron chi connectivity index (χ4n) is 4.68. The molecule has 3 heterocycles. The van der Waals surface area contributed by atoms with E-state index in [1.54, 1.807) is 41.7 Å². The second kappa shape index (κ2) is 12.9. The van der Waals surface area contributed by atoms with Gasteiger partial charge in [0.1, 0.15) is 11.4 Å². The molecule has 0 bridgehead atoms. The summed E-state index contributed by atoms with van der Waals surface area (Å²) >= 11 is 1.57. The minimum Gasteiger partial charge on any atom is -0.493 e. The van der Waals surface area contributed by atoms with Gasteiger partial charge in [-0.2, -0.15) is 0 Å². The number of nitrogens with zero attached hydrogens (tertiary/aromatic N) is 1. The van der Waals surface area contributed by atoms with Crippen molar-refractivity contribution in [3.63, 3.8) is 0 Å². The maximum Gasteiger partial charge on any atom is 0.357 e. The van der Waals surface area contributed by atoms with Gasteiger partial charge in [-0.05, 0) is 65.4 Å². The molecule has 4 aromatic rings. The zero-order valence-corrected chi connectivity index (χ0v) is 23.8. The van der Waals surface area contributed by atoms with Gasteiger partial charge in [-0.15, -0.1) is 11.3 Å². The van der Waals surface area contributed by atoms with Crippen LogP contribution >= 0.6 is 11.3 Å². The number of anilines is 1. The zero-order valence-electron chi connectivity index (χ0n) is 22.9. The molecule has 1 aliphatic heterocycles. The number of esters is 1. The number of rotatable bonds is 9. The Balaban J connectivity index is 1.64. The molecular weight excluding hydrogens is 556 g/mol. The van der Waals surface area contributed by atoms with Crippen LogP contribution in [0.3, 0.4) is 0 Å². The summed E-state index contributed by atoms with van der Waals surface area (Å²) in [6.07, 6.45) is 1.09. The Morgan fingerprint density at radius 3 is 2.60 bits per heavy atom. The number of thiophene rings is 1. The minimum absolute atomic E-state index is 0.00248. The lowest BCUT2D eigenvalue weighted by Crippen LogP contribution is -2.26. The van der Waals surface area contributed by atoms with Crippen LogP contribution in [0.4, 0.5) is 5.69 Å². The van der Waals surface area contributed by atoms with E-state index in [0.29, 0.717) is 48.6 Å². The predicted octanol–water partition coefficient (Wildman–Crippen LogP) is 4.02. The third kappa shape index (κ3) is 6.03. The molecule has 0 radical (unpaired) electrons. The molecular formula is C31H30N4O6S. The monoisotopic (exact) mass is 586 g/mol. The smallest absolute Gasteiger partial charge is 0.357 e. The number of ether oxygens (including phenoxy) is 2. The van der Waals surface area contributed by atoms with E-state index in [9.17, 15) is 14.4 Å². The molecule has 0 spiro atoms. The highest BCUT2D eigenvalue weighted by Gasteiger charge is 2.27. The number of methoxy groups -OCH3 is 1. The standard InChI is InChI=1S/C31H30N4O6S/c1-40-31(39)27-21(7-8-25(35-27)30(38)33-11-2-12-36)22-16-26-24(28-19(9-13-41-26)10-14-42-28)15-23(22)29(37)34-20-5-3-18(17-32)4-6-20/h3-8,10,14-16,36H,2,9,11-13,17,32H2,1H3,(H,33,38)(H,34,37). The van der Waals surface area contributed by atoms with E-state index in [-0.39, 0.29) is 30.1 Å². The summed E-state index contributed by atoms with van der Waals surface area (Å²) in [6, 6.07) is 15.8. The van der Waals surface area contributed by atoms with Gasteiger partial charge in [-0.3, -0.25) is 9.59 Å². The number of carbonyl (C=O) groups excluding carboxylic acids is 3. The van der Waals surface area contributed by atoms with Gasteiger partial charge in [0.2, 0.25) is 0 Å². The Bertz CT molecular complexity index is 1630. The third-order valence-electron chi connectivity index (χ3n) is 6.85. The summed E-state index contributed by atoms with van der Waals surface area (Å²) in [5, 5.41) is 16.6. The van der Waals surface area contributed by atoms with Crippen LogP contribution < -0.4 is 21.1 Å². The lowest BCUT2D eigenvalue weighted by Gasteiger charge is -2.17. The van der Waals surface area contributed by atoms with Crippen LogP contribution in [0.1, 0.15) is 48.9 Å². The van der Waals surface area contributed by atoms with Crippen molar-refractivity contribution in [3.05, 3.63) is 88.1 Å². The number of pyridine rings is 1. The van der Waals surface area contributed by atoms with Crippen LogP contribution in [0.15, 0.2) is 60.0 Å². The Morgan fingerprint density at radius 2 is 1.86 bits per heavy atom. The van der Waals surface area contributed by atoms with Crippen molar-refractivity contribution in [2.24, 2.45) is 5.73 Å². The quantitative estimate of drug-likeness (QED) is 0.169. The first-order valence-corrected chi connectivity index (χ1v) is 14.3. The van der Waals surface area contributed by atoms with Crippen LogP contribution in [-0.2, 0) is 17.7 Å². The average molecular weight is 587 g/mol. The molecule has 11 heteroatoms. The Kier molecular flexibility index (Phi) is 8.91. The van der Waals surface area contributed by atoms with Crippen molar-refractivity contribution in [2.45, 2.75) is 19.4 Å². The molecule has 2 aromatic carbocycles. The number of fused-ring (bicyclic) bond motifs is 3. The van der Waals surface area contributed by atoms with Gasteiger partial charge in [-0.1, -0.05) is 12.1 Å². The van der Waals surface area contributed by atoms with E-state index in [1.807, 2.05) is 17.5 Å². The van der Waals surface area contributed by atoms with Gasteiger partial charge in [0, 0.05) is 58.9 Å². The SMILES string of the molecule is COC(=O)c1nc(C(=O)NCCCO)ccc1-c1cc2c(cc1C(=O)Nc1ccc(CN)cc1)-c1sccc1CCO2. The van der Waals surface area contributed by atoms with E-state index < -0.39 is 17.8 Å². The molecule has 2 amide bonds. The first-order chi connectivity index (χ1) is 20.4. The third-order valence-corrected chi connectivity index (χ3v) is 7.84. The van der Waals surface area contributed by atoms with Crippen molar-refractivity contribution < 1.29 is 29.0 Å². The maximum absolute atomic E-state index is 13.9. The molecule has 0 saturated heterocycles. The van der Waals surface area contributed by atoms with E-state index >= 15 is 0 Å². The summed E-state index contributed by atoms with van der Waals surface area (Å²) in [5.41, 5.74) is 9.98. The number of nitrogens with one attached hydrogen (secondary N) is 2. The summed E-state index contributed by atoms with van der Waals surface area (Å²) in [6.45, 7) is 1.00. The van der Waals surface area contributed by atoms with Crippen molar-refractivity contribution >= 4 is 34.8 Å². The molecule has 1 aliphatic rings. The van der Waals surface area contributed by atoms with E-state index in [1.165, 1.54) is 13.2 Å². The zero-order chi connectivity index (χ0) is 29.6. The van der Waals surface area contributed by atoms with Crippen molar-refractivity contribution in [1.29, 1.82) is 0 Å². The molecule has 0 unspecified atom stereocenters. The number of aromatic nitrogens is 1. The topological polar surface area (TPSA) is 153 Å². The van der Waals surface area contributed by atoms with Crippen molar-refractivity contribution in [1.82, 2.24) is 10.3 Å². The Morgan fingerprint density at radius 1 is 1.05 bits per heavy atom. The van der Waals surface area contributed by atoms with Crippen molar-refractivity contribution in [3.8, 4) is 27.3 Å². The van der Waals surface area contributed by atoms with Gasteiger partial charge < -0.3 is 30.9 Å². The molecule has 0 aliphatic carbocycles. The van der Waals surface area contributed by atoms with Gasteiger partial charge in [0.25, 0.3) is 11.8 Å². The lowest BCUT2D eigenvalue weighted by atomic mass is 9.93. The highest BCUT2D eigenvalue weighted by Crippen LogP contribution is 2.43. The van der Waals surface area contributed by atoms with E-state index in [0.717, 1.165) is 21.6 Å². The second-order valence-electron chi connectivity index (χ2n) is 9.54. The van der Waals surface area contributed by atoms with Crippen LogP contribution in [0.25, 0.3) is 21.6 Å². The first kappa shape index (κ1) is 28.9. The average Bonchev–Trinajstić information content (AvgIpc) is 3.41. The molecule has 2 aromatic heterocycles. The predicted molar refractivity (Wildman–Crippen MR) is 160 cm³/mol. The number of carbonyl (C=O) groups is 3. The van der Waals surface area contributed by atoms with Crippen LogP contribution in [0.5, 0.6) is 5.75 Å². The van der Waals surface area contributed by atoms with Gasteiger partial charge >= 0.3 is 5.97 Å². The van der Waals surface area contributed by atoms with Crippen molar-refractivity contribution in [2.75, 3.05) is 32.2 Å². The second-order valence-corrected chi connectivity index (χ2v) is 10.5. The first-order valence-electron chi connectivity index (χ1n) is 13.4. The molecule has 0 atom stereocenters. The lowest BCUT2D eigenvalue weighted by molar-refractivity contribution is 0.0594. The number of hydrogen-bond donors (Lipinski definition) is 4. The molecule has 216 valence electrons. The van der Waals surface area contributed by atoms with Crippen LogP contribution in [0, 0.1) is 0 Å². The number of hydrogen-bond acceptors (Lipinski definition) is 9. The fourth-order valence-corrected chi connectivity index (χ4v) is 5.65. The summed E-state index contributed by atoms with van der Waals surface area (Å²) in [4.78, 5) is 44.8. The highest BCUT2D eigenvalue weighted by molar-refractivity contribution is 7.13. The Labute approximate surface area is 246 Å². The maximum atomic E-state index is 13.9. The largest absolute Gasteiger partial charge is 0.493 e. The molecule has 42 heavy (non-hydrogen) atoms. The van der Waals surface area contributed by atoms with E-state index in [4.69, 9.17) is 20.3 Å². The summed E-state index contributed by atoms with van der Waals surface area (Å²) in [5.74, 6) is -1.11. The number of nitrogens with two attached hydrogens (primary N) is 1. The number of amides is 2. The minimum atomic E-state index is -0.768. The number of benzene rings is 2. The molecule has 10 nitrogen and oxygen atoms in total. The molecule has 0 fully saturated rings. The molecule has 5 rings (SSSR count). The van der Waals surface area contributed by atoms with Gasteiger partial charge in [0.15, 0.2) is 5.69 Å². The normalized spacial score (nSPS) is 11.9. The summed E-state index contributed by atoms with van der Waals surface area (Å²) in [7, 11) is 1.22. The highest BCUT2D eigenvalue weighted by atomic mass is 32.1.